The van der Waals surface area contributed by atoms with Gasteiger partial charge >= 0.3 is 6.09 Å². The predicted octanol–water partition coefficient (Wildman–Crippen LogP) is 4.27. The molecular formula is C23H33ClN4O4. The third kappa shape index (κ3) is 6.03. The van der Waals surface area contributed by atoms with Gasteiger partial charge in [-0.3, -0.25) is 0 Å². The zero-order valence-corrected chi connectivity index (χ0v) is 20.3. The molecule has 1 aromatic heterocycles. The molecule has 0 spiro atoms. The van der Waals surface area contributed by atoms with Crippen molar-refractivity contribution in [3.63, 3.8) is 0 Å². The molecule has 2 aliphatic rings. The topological polar surface area (TPSA) is 94.6 Å². The van der Waals surface area contributed by atoms with E-state index in [9.17, 15) is 4.79 Å². The molecule has 0 unspecified atom stereocenters. The Balaban J connectivity index is 1.75. The van der Waals surface area contributed by atoms with E-state index in [1.165, 1.54) is 6.33 Å². The van der Waals surface area contributed by atoms with Gasteiger partial charge in [0.25, 0.3) is 0 Å². The molecule has 9 heteroatoms. The van der Waals surface area contributed by atoms with Crippen LogP contribution < -0.4 is 10.6 Å². The minimum absolute atomic E-state index is 0.192. The van der Waals surface area contributed by atoms with Crippen LogP contribution in [0.4, 0.5) is 10.6 Å². The number of nitrogens with one attached hydrogen (secondary N) is 2. The van der Waals surface area contributed by atoms with Gasteiger partial charge in [0, 0.05) is 24.3 Å². The van der Waals surface area contributed by atoms with Crippen LogP contribution in [-0.4, -0.2) is 52.2 Å². The van der Waals surface area contributed by atoms with Crippen LogP contribution in [0.15, 0.2) is 6.33 Å². The number of anilines is 1. The number of ether oxygens (including phenoxy) is 3. The molecule has 8 nitrogen and oxygen atoms in total. The SMILES string of the molecule is CCOC(C#Cc1c(Cl)ncnc1NC12CCC(NC(=O)OC(C)(C)C)(CC1)C2)OCC. The van der Waals surface area contributed by atoms with Crippen molar-refractivity contribution >= 4 is 23.5 Å². The standard InChI is InChI=1S/C23H33ClN4O4/c1-6-30-17(31-7-2)9-8-16-18(24)25-15-26-19(16)27-22-10-12-23(14-22,13-11-22)28-20(29)32-21(3,4)5/h15,17H,6-7,10-14H2,1-5H3,(H,28,29)(H,25,26,27). The molecule has 0 saturated heterocycles. The van der Waals surface area contributed by atoms with Crippen molar-refractivity contribution in [2.24, 2.45) is 0 Å². The Morgan fingerprint density at radius 1 is 1.16 bits per heavy atom. The van der Waals surface area contributed by atoms with Crippen LogP contribution in [0, 0.1) is 11.8 Å². The monoisotopic (exact) mass is 464 g/mol. The van der Waals surface area contributed by atoms with Crippen LogP contribution >= 0.6 is 11.6 Å². The molecule has 0 atom stereocenters. The third-order valence-corrected chi connectivity index (χ3v) is 6.03. The van der Waals surface area contributed by atoms with Gasteiger partial charge in [-0.15, -0.1) is 0 Å². The molecule has 2 saturated carbocycles. The molecule has 2 fully saturated rings. The second kappa shape index (κ2) is 9.82. The first kappa shape index (κ1) is 24.6. The van der Waals surface area contributed by atoms with E-state index >= 15 is 0 Å². The predicted molar refractivity (Wildman–Crippen MR) is 122 cm³/mol. The number of amides is 1. The summed E-state index contributed by atoms with van der Waals surface area (Å²) in [5, 5.41) is 6.97. The number of carbonyl (C=O) groups excluding carboxylic acids is 1. The summed E-state index contributed by atoms with van der Waals surface area (Å²) in [5.41, 5.74) is -0.480. The maximum atomic E-state index is 12.4. The number of rotatable bonds is 7. The number of aromatic nitrogens is 2. The highest BCUT2D eigenvalue weighted by molar-refractivity contribution is 6.30. The van der Waals surface area contributed by atoms with Gasteiger partial charge in [-0.2, -0.15) is 0 Å². The number of fused-ring (bicyclic) bond motifs is 2. The molecule has 0 aromatic carbocycles. The molecule has 2 bridgehead atoms. The minimum Gasteiger partial charge on any atom is -0.444 e. The van der Waals surface area contributed by atoms with Crippen LogP contribution in [-0.2, 0) is 14.2 Å². The fourth-order valence-corrected chi connectivity index (χ4v) is 4.63. The first-order chi connectivity index (χ1) is 15.1. The van der Waals surface area contributed by atoms with E-state index in [-0.39, 0.29) is 22.3 Å². The highest BCUT2D eigenvalue weighted by Gasteiger charge is 2.55. The van der Waals surface area contributed by atoms with Crippen molar-refractivity contribution in [2.45, 2.75) is 89.7 Å². The van der Waals surface area contributed by atoms with Crippen molar-refractivity contribution < 1.29 is 19.0 Å². The second-order valence-corrected chi connectivity index (χ2v) is 9.75. The smallest absolute Gasteiger partial charge is 0.408 e. The molecule has 0 aliphatic heterocycles. The quantitative estimate of drug-likeness (QED) is 0.353. The zero-order valence-electron chi connectivity index (χ0n) is 19.5. The van der Waals surface area contributed by atoms with Crippen molar-refractivity contribution in [3.8, 4) is 11.8 Å². The van der Waals surface area contributed by atoms with Crippen molar-refractivity contribution in [1.29, 1.82) is 0 Å². The molecule has 3 rings (SSSR count). The number of hydrogen-bond donors (Lipinski definition) is 2. The van der Waals surface area contributed by atoms with E-state index in [2.05, 4.69) is 32.4 Å². The maximum absolute atomic E-state index is 12.4. The summed E-state index contributed by atoms with van der Waals surface area (Å²) in [6.45, 7) is 10.3. The van der Waals surface area contributed by atoms with Gasteiger partial charge in [0.1, 0.15) is 28.5 Å². The lowest BCUT2D eigenvalue weighted by molar-refractivity contribution is -0.0969. The summed E-state index contributed by atoms with van der Waals surface area (Å²) in [7, 11) is 0. The summed E-state index contributed by atoms with van der Waals surface area (Å²) in [6, 6.07) is 0. The number of nitrogens with zero attached hydrogens (tertiary/aromatic N) is 2. The summed E-state index contributed by atoms with van der Waals surface area (Å²) >= 11 is 6.36. The van der Waals surface area contributed by atoms with E-state index in [0.717, 1.165) is 32.1 Å². The Hall–Kier alpha value is -2.08. The lowest BCUT2D eigenvalue weighted by atomic mass is 9.91. The molecule has 2 aliphatic carbocycles. The summed E-state index contributed by atoms with van der Waals surface area (Å²) in [5.74, 6) is 6.59. The fraction of sp³-hybridized carbons (Fsp3) is 0.696. The van der Waals surface area contributed by atoms with Crippen LogP contribution in [0.1, 0.15) is 72.3 Å². The average Bonchev–Trinajstić information content (AvgIpc) is 3.21. The van der Waals surface area contributed by atoms with Gasteiger partial charge in [-0.05, 0) is 72.6 Å². The first-order valence-electron chi connectivity index (χ1n) is 11.1. The van der Waals surface area contributed by atoms with Crippen LogP contribution in [0.3, 0.4) is 0 Å². The Morgan fingerprint density at radius 3 is 2.38 bits per heavy atom. The largest absolute Gasteiger partial charge is 0.444 e. The maximum Gasteiger partial charge on any atom is 0.408 e. The van der Waals surface area contributed by atoms with Gasteiger partial charge in [0.2, 0.25) is 6.29 Å². The third-order valence-electron chi connectivity index (χ3n) is 5.74. The van der Waals surface area contributed by atoms with Crippen LogP contribution in [0.5, 0.6) is 0 Å². The Kier molecular flexibility index (Phi) is 7.53. The first-order valence-corrected chi connectivity index (χ1v) is 11.5. The van der Waals surface area contributed by atoms with Crippen LogP contribution in [0.25, 0.3) is 0 Å². The molecule has 1 heterocycles. The molecule has 176 valence electrons. The minimum atomic E-state index is -0.643. The summed E-state index contributed by atoms with van der Waals surface area (Å²) in [6.07, 6.45) is 4.74. The van der Waals surface area contributed by atoms with Gasteiger partial charge in [-0.1, -0.05) is 17.5 Å². The zero-order chi connectivity index (χ0) is 23.4. The highest BCUT2D eigenvalue weighted by atomic mass is 35.5. The Bertz CT molecular complexity index is 876. The fourth-order valence-electron chi connectivity index (χ4n) is 4.45. The van der Waals surface area contributed by atoms with Crippen molar-refractivity contribution in [2.75, 3.05) is 18.5 Å². The number of carbonyl (C=O) groups is 1. The highest BCUT2D eigenvalue weighted by Crippen LogP contribution is 2.52. The van der Waals surface area contributed by atoms with E-state index in [4.69, 9.17) is 25.8 Å². The van der Waals surface area contributed by atoms with Gasteiger partial charge in [0.15, 0.2) is 0 Å². The van der Waals surface area contributed by atoms with Crippen molar-refractivity contribution in [1.82, 2.24) is 15.3 Å². The Labute approximate surface area is 195 Å². The van der Waals surface area contributed by atoms with E-state index in [0.29, 0.717) is 24.6 Å². The van der Waals surface area contributed by atoms with Gasteiger partial charge < -0.3 is 24.8 Å². The molecule has 2 N–H and O–H groups in total. The van der Waals surface area contributed by atoms with Gasteiger partial charge in [-0.25, -0.2) is 14.8 Å². The normalized spacial score (nSPS) is 24.2. The molecule has 0 radical (unpaired) electrons. The number of hydrogen-bond acceptors (Lipinski definition) is 7. The van der Waals surface area contributed by atoms with E-state index in [1.807, 2.05) is 34.6 Å². The lowest BCUT2D eigenvalue weighted by Crippen LogP contribution is -2.47. The summed E-state index contributed by atoms with van der Waals surface area (Å²) < 4.78 is 16.5. The summed E-state index contributed by atoms with van der Waals surface area (Å²) in [4.78, 5) is 20.9. The van der Waals surface area contributed by atoms with Gasteiger partial charge in [0.05, 0.1) is 0 Å². The molecular weight excluding hydrogens is 432 g/mol. The number of alkyl carbamates (subject to hydrolysis) is 1. The van der Waals surface area contributed by atoms with E-state index < -0.39 is 11.9 Å². The molecule has 1 aromatic rings. The molecule has 32 heavy (non-hydrogen) atoms. The Morgan fingerprint density at radius 2 is 1.78 bits per heavy atom. The van der Waals surface area contributed by atoms with E-state index in [1.54, 1.807) is 0 Å². The number of halogens is 1. The van der Waals surface area contributed by atoms with Crippen molar-refractivity contribution in [3.05, 3.63) is 17.0 Å². The molecule has 1 amide bonds. The lowest BCUT2D eigenvalue weighted by Gasteiger charge is -2.30. The average molecular weight is 465 g/mol. The van der Waals surface area contributed by atoms with Crippen LogP contribution in [0.2, 0.25) is 5.15 Å². The second-order valence-electron chi connectivity index (χ2n) is 9.39.